The summed E-state index contributed by atoms with van der Waals surface area (Å²) < 4.78 is 33.7. The lowest BCUT2D eigenvalue weighted by Crippen LogP contribution is -2.46. The van der Waals surface area contributed by atoms with E-state index in [0.717, 1.165) is 4.57 Å². The Bertz CT molecular complexity index is 712. The van der Waals surface area contributed by atoms with Crippen molar-refractivity contribution >= 4 is 5.82 Å². The third kappa shape index (κ3) is 2.93. The van der Waals surface area contributed by atoms with Crippen LogP contribution in [0.4, 0.5) is 14.6 Å². The molecule has 126 valence electrons. The number of aliphatic hydroxyl groups is 2. The molecule has 0 amide bonds. The molecule has 0 bridgehead atoms. The van der Waals surface area contributed by atoms with Gasteiger partial charge in [0.1, 0.15) is 24.7 Å². The van der Waals surface area contributed by atoms with Crippen LogP contribution in [0.1, 0.15) is 18.8 Å². The van der Waals surface area contributed by atoms with Crippen molar-refractivity contribution < 1.29 is 23.7 Å². The van der Waals surface area contributed by atoms with Gasteiger partial charge in [0.25, 0.3) is 0 Å². The van der Waals surface area contributed by atoms with Gasteiger partial charge in [-0.1, -0.05) is 11.8 Å². The molecular formula is C14H17F2N3O4. The van der Waals surface area contributed by atoms with Gasteiger partial charge in [-0.05, 0) is 19.9 Å². The van der Waals surface area contributed by atoms with Crippen molar-refractivity contribution in [3.05, 3.63) is 22.2 Å². The first-order valence-electron chi connectivity index (χ1n) is 6.84. The van der Waals surface area contributed by atoms with Gasteiger partial charge in [-0.25, -0.2) is 13.6 Å². The fraction of sp³-hybridized carbons (Fsp3) is 0.571. The van der Waals surface area contributed by atoms with Gasteiger partial charge in [0.2, 0.25) is 5.67 Å². The summed E-state index contributed by atoms with van der Waals surface area (Å²) in [4.78, 5) is 15.5. The van der Waals surface area contributed by atoms with Crippen LogP contribution >= 0.6 is 0 Å². The van der Waals surface area contributed by atoms with Crippen LogP contribution in [0.15, 0.2) is 10.9 Å². The number of halogens is 2. The lowest BCUT2D eigenvalue weighted by Gasteiger charge is -2.25. The highest BCUT2D eigenvalue weighted by Crippen LogP contribution is 2.42. The number of aromatic nitrogens is 2. The van der Waals surface area contributed by atoms with Gasteiger partial charge in [0.05, 0.1) is 6.10 Å². The molecule has 2 rings (SSSR count). The first kappa shape index (κ1) is 17.3. The average Bonchev–Trinajstić information content (AvgIpc) is 2.70. The number of anilines is 1. The summed E-state index contributed by atoms with van der Waals surface area (Å²) >= 11 is 0. The van der Waals surface area contributed by atoms with E-state index >= 15 is 4.39 Å². The van der Waals surface area contributed by atoms with E-state index in [4.69, 9.17) is 10.5 Å². The third-order valence-corrected chi connectivity index (χ3v) is 3.61. The largest absolute Gasteiger partial charge is 0.391 e. The highest BCUT2D eigenvalue weighted by atomic mass is 19.1. The zero-order valence-electron chi connectivity index (χ0n) is 12.5. The van der Waals surface area contributed by atoms with Gasteiger partial charge in [0.15, 0.2) is 6.23 Å². The Labute approximate surface area is 130 Å². The van der Waals surface area contributed by atoms with Crippen molar-refractivity contribution in [3.63, 3.8) is 0 Å². The van der Waals surface area contributed by atoms with E-state index in [1.54, 1.807) is 0 Å². The Hall–Kier alpha value is -2.02. The van der Waals surface area contributed by atoms with Crippen LogP contribution in [0.5, 0.6) is 0 Å². The summed E-state index contributed by atoms with van der Waals surface area (Å²) in [6.45, 7) is 1.61. The number of nitrogen functional groups attached to an aromatic ring is 1. The molecule has 1 aromatic rings. The number of nitrogens with zero attached hydrogens (tertiary/aromatic N) is 2. The van der Waals surface area contributed by atoms with Crippen molar-refractivity contribution in [1.82, 2.24) is 9.55 Å². The molecule has 1 aliphatic rings. The molecule has 23 heavy (non-hydrogen) atoms. The van der Waals surface area contributed by atoms with Crippen LogP contribution in [0.3, 0.4) is 0 Å². The number of hydrogen-bond acceptors (Lipinski definition) is 6. The number of alkyl halides is 2. The lowest BCUT2D eigenvalue weighted by atomic mass is 9.94. The summed E-state index contributed by atoms with van der Waals surface area (Å²) in [7, 11) is 0. The minimum atomic E-state index is -2.79. The van der Waals surface area contributed by atoms with E-state index < -0.39 is 42.6 Å². The van der Waals surface area contributed by atoms with Crippen LogP contribution in [0.25, 0.3) is 0 Å². The molecule has 0 aliphatic carbocycles. The Morgan fingerprint density at radius 3 is 2.83 bits per heavy atom. The van der Waals surface area contributed by atoms with Gasteiger partial charge in [-0.2, -0.15) is 4.98 Å². The normalized spacial score (nSPS) is 31.5. The summed E-state index contributed by atoms with van der Waals surface area (Å²) in [5.41, 5.74) is 1.97. The van der Waals surface area contributed by atoms with E-state index in [1.807, 2.05) is 11.8 Å². The molecule has 1 aromatic heterocycles. The van der Waals surface area contributed by atoms with Gasteiger partial charge in [-0.3, -0.25) is 4.57 Å². The molecule has 1 saturated heterocycles. The van der Waals surface area contributed by atoms with Crippen molar-refractivity contribution in [2.24, 2.45) is 0 Å². The second-order valence-corrected chi connectivity index (χ2v) is 5.32. The molecule has 1 unspecified atom stereocenters. The van der Waals surface area contributed by atoms with Crippen LogP contribution in [-0.4, -0.2) is 50.4 Å². The number of aliphatic hydroxyl groups excluding tert-OH is 2. The fourth-order valence-electron chi connectivity index (χ4n) is 2.55. The Morgan fingerprint density at radius 1 is 1.65 bits per heavy atom. The summed E-state index contributed by atoms with van der Waals surface area (Å²) in [6, 6.07) is 1.32. The fourth-order valence-corrected chi connectivity index (χ4v) is 2.55. The first-order chi connectivity index (χ1) is 10.7. The molecule has 0 aromatic carbocycles. The molecule has 0 radical (unpaired) electrons. The van der Waals surface area contributed by atoms with Crippen LogP contribution < -0.4 is 11.4 Å². The van der Waals surface area contributed by atoms with Crippen molar-refractivity contribution in [1.29, 1.82) is 0 Å². The average molecular weight is 329 g/mol. The SMILES string of the molecule is Cc1cc(N)nc(=O)n1[C@@H]1O[C@H]([C@@H](C)O)C(O)[C@]1(F)C#CCF. The van der Waals surface area contributed by atoms with E-state index in [0.29, 0.717) is 0 Å². The van der Waals surface area contributed by atoms with Crippen molar-refractivity contribution in [2.75, 3.05) is 12.4 Å². The maximum Gasteiger partial charge on any atom is 0.351 e. The number of rotatable bonds is 2. The maximum absolute atomic E-state index is 15.3. The van der Waals surface area contributed by atoms with Gasteiger partial charge in [0, 0.05) is 5.69 Å². The van der Waals surface area contributed by atoms with Crippen molar-refractivity contribution in [2.45, 2.75) is 44.1 Å². The van der Waals surface area contributed by atoms with Crippen molar-refractivity contribution in [3.8, 4) is 11.8 Å². The lowest BCUT2D eigenvalue weighted by molar-refractivity contribution is -0.0808. The molecule has 4 N–H and O–H groups in total. The first-order valence-corrected chi connectivity index (χ1v) is 6.84. The minimum absolute atomic E-state index is 0.0614. The molecular weight excluding hydrogens is 312 g/mol. The van der Waals surface area contributed by atoms with E-state index in [-0.39, 0.29) is 11.5 Å². The van der Waals surface area contributed by atoms with Crippen LogP contribution in [-0.2, 0) is 4.74 Å². The zero-order valence-corrected chi connectivity index (χ0v) is 12.5. The molecule has 1 aliphatic heterocycles. The summed E-state index contributed by atoms with van der Waals surface area (Å²) in [5.74, 6) is 3.80. The standard InChI is InChI=1S/C14H17F2N3O4/c1-7-6-9(17)18-13(22)19(7)12-14(16,4-3-5-15)11(21)10(23-12)8(2)20/h6,8,10-12,20-21H,5H2,1-2H3,(H2,17,18,22)/t8-,10-,11?,12-,14-/m1/s1. The van der Waals surface area contributed by atoms with Crippen LogP contribution in [0.2, 0.25) is 0 Å². The van der Waals surface area contributed by atoms with E-state index in [2.05, 4.69) is 4.98 Å². The Morgan fingerprint density at radius 2 is 2.30 bits per heavy atom. The minimum Gasteiger partial charge on any atom is -0.391 e. The molecule has 2 heterocycles. The maximum atomic E-state index is 15.3. The van der Waals surface area contributed by atoms with Gasteiger partial charge < -0.3 is 20.7 Å². The second kappa shape index (κ2) is 6.23. The zero-order chi connectivity index (χ0) is 17.4. The number of hydrogen-bond donors (Lipinski definition) is 3. The number of nitrogens with two attached hydrogens (primary N) is 1. The molecule has 5 atom stereocenters. The van der Waals surface area contributed by atoms with E-state index in [9.17, 15) is 19.4 Å². The quantitative estimate of drug-likeness (QED) is 0.628. The number of aryl methyl sites for hydroxylation is 1. The number of ether oxygens (including phenoxy) is 1. The van der Waals surface area contributed by atoms with Gasteiger partial charge >= 0.3 is 5.69 Å². The molecule has 9 heteroatoms. The highest BCUT2D eigenvalue weighted by Gasteiger charge is 2.59. The monoisotopic (exact) mass is 329 g/mol. The molecule has 0 saturated carbocycles. The van der Waals surface area contributed by atoms with Gasteiger partial charge in [-0.15, -0.1) is 0 Å². The predicted octanol–water partition coefficient (Wildman–Crippen LogP) is -0.546. The topological polar surface area (TPSA) is 111 Å². The van der Waals surface area contributed by atoms with E-state index in [1.165, 1.54) is 19.9 Å². The smallest absolute Gasteiger partial charge is 0.351 e. The second-order valence-electron chi connectivity index (χ2n) is 5.32. The summed E-state index contributed by atoms with van der Waals surface area (Å²) in [6.07, 6.45) is -6.16. The predicted molar refractivity (Wildman–Crippen MR) is 76.8 cm³/mol. The summed E-state index contributed by atoms with van der Waals surface area (Å²) in [5, 5.41) is 19.8. The highest BCUT2D eigenvalue weighted by molar-refractivity contribution is 5.30. The third-order valence-electron chi connectivity index (χ3n) is 3.61. The Balaban J connectivity index is 2.61. The van der Waals surface area contributed by atoms with Crippen LogP contribution in [0, 0.1) is 18.8 Å². The Kier molecular flexibility index (Phi) is 4.70. The molecule has 0 spiro atoms. The molecule has 7 nitrogen and oxygen atoms in total. The molecule has 1 fully saturated rings.